The van der Waals surface area contributed by atoms with Crippen molar-refractivity contribution in [2.45, 2.75) is 58.4 Å². The number of unbranched alkanes of at least 4 members (excludes halogenated alkanes) is 2. The summed E-state index contributed by atoms with van der Waals surface area (Å²) >= 11 is 0. The molecule has 2 atom stereocenters. The van der Waals surface area contributed by atoms with Gasteiger partial charge in [0, 0.05) is 0 Å². The van der Waals surface area contributed by atoms with Gasteiger partial charge in [0.25, 0.3) is 0 Å². The molecule has 4 N–H and O–H groups in total. The van der Waals surface area contributed by atoms with Crippen molar-refractivity contribution < 1.29 is 28.7 Å². The molecule has 0 aliphatic heterocycles. The van der Waals surface area contributed by atoms with Crippen molar-refractivity contribution in [1.82, 2.24) is 21.3 Å². The molecule has 0 bridgehead atoms. The minimum atomic E-state index is -0.781. The van der Waals surface area contributed by atoms with Crippen LogP contribution in [0.1, 0.15) is 44.2 Å². The molecule has 0 aliphatic rings. The molecule has 2 aromatic rings. The molecule has 2 rings (SSSR count). The molecule has 10 heteroatoms. The Morgan fingerprint density at radius 2 is 1.00 bits per heavy atom. The molecule has 0 saturated carbocycles. The van der Waals surface area contributed by atoms with Crippen LogP contribution in [0.4, 0.5) is 9.59 Å². The summed E-state index contributed by atoms with van der Waals surface area (Å²) in [6.07, 6.45) is 0.919. The Kier molecular flexibility index (Phi) is 13.4. The second-order valence-electron chi connectivity index (χ2n) is 8.51. The molecular formula is C27H36N4O6. The largest absolute Gasteiger partial charge is 0.444 e. The number of rotatable bonds is 14. The maximum atomic E-state index is 12.1. The highest BCUT2D eigenvalue weighted by atomic mass is 16.6. The summed E-state index contributed by atoms with van der Waals surface area (Å²) in [6.45, 7) is 4.72. The van der Waals surface area contributed by atoms with Gasteiger partial charge >= 0.3 is 12.2 Å². The molecule has 4 amide bonds. The average molecular weight is 513 g/mol. The monoisotopic (exact) mass is 512 g/mol. The van der Waals surface area contributed by atoms with Gasteiger partial charge in [-0.15, -0.1) is 0 Å². The van der Waals surface area contributed by atoms with Gasteiger partial charge < -0.3 is 20.1 Å². The van der Waals surface area contributed by atoms with Gasteiger partial charge in [-0.25, -0.2) is 9.59 Å². The number of alkyl carbamates (subject to hydrolysis) is 2. The second-order valence-corrected chi connectivity index (χ2v) is 8.51. The van der Waals surface area contributed by atoms with E-state index in [4.69, 9.17) is 9.47 Å². The summed E-state index contributed by atoms with van der Waals surface area (Å²) in [6, 6.07) is 17.3. The highest BCUT2D eigenvalue weighted by molar-refractivity contribution is 5.95. The van der Waals surface area contributed by atoms with Crippen LogP contribution in [-0.4, -0.2) is 49.2 Å². The molecule has 0 heterocycles. The summed E-state index contributed by atoms with van der Waals surface area (Å²) in [5.74, 6) is -0.913. The molecule has 37 heavy (non-hydrogen) atoms. The van der Waals surface area contributed by atoms with Crippen LogP contribution < -0.4 is 21.3 Å². The first kappa shape index (κ1) is 29.5. The maximum absolute atomic E-state index is 12.1. The number of benzene rings is 2. The van der Waals surface area contributed by atoms with Crippen LogP contribution in [0.5, 0.6) is 0 Å². The highest BCUT2D eigenvalue weighted by Gasteiger charge is 2.17. The fourth-order valence-corrected chi connectivity index (χ4v) is 3.19. The Balaban J connectivity index is 1.48. The zero-order valence-corrected chi connectivity index (χ0v) is 21.3. The van der Waals surface area contributed by atoms with Crippen LogP contribution in [0.15, 0.2) is 60.7 Å². The lowest BCUT2D eigenvalue weighted by atomic mass is 10.2. The summed E-state index contributed by atoms with van der Waals surface area (Å²) < 4.78 is 10.1. The lowest BCUT2D eigenvalue weighted by Gasteiger charge is -2.14. The molecule has 0 aliphatic carbocycles. The Morgan fingerprint density at radius 1 is 0.622 bits per heavy atom. The van der Waals surface area contributed by atoms with Crippen molar-refractivity contribution in [3.63, 3.8) is 0 Å². The first-order valence-corrected chi connectivity index (χ1v) is 12.3. The third-order valence-electron chi connectivity index (χ3n) is 5.42. The standard InChI is InChI=1S/C27H36N4O6/c1-20(24(32)30-26(34)36-18-22-12-6-3-7-13-22)28-16-10-5-11-17-29-21(2)25(33)31-27(35)37-19-23-14-8-4-9-15-23/h3-4,6-9,12-15,20-21,28-29H,5,10-11,16-19H2,1-2H3,(H,30,32,34)(H,31,33,35)/t20-,21-/m0/s1. The minimum absolute atomic E-state index is 0.0917. The summed E-state index contributed by atoms with van der Waals surface area (Å²) in [5.41, 5.74) is 1.67. The van der Waals surface area contributed by atoms with E-state index >= 15 is 0 Å². The molecule has 200 valence electrons. The van der Waals surface area contributed by atoms with Crippen molar-refractivity contribution in [3.05, 3.63) is 71.8 Å². The van der Waals surface area contributed by atoms with E-state index in [9.17, 15) is 19.2 Å². The quantitative estimate of drug-likeness (QED) is 0.284. The average Bonchev–Trinajstić information content (AvgIpc) is 2.91. The van der Waals surface area contributed by atoms with E-state index in [0.717, 1.165) is 30.4 Å². The minimum Gasteiger partial charge on any atom is -0.444 e. The molecule has 0 fully saturated rings. The predicted molar refractivity (Wildman–Crippen MR) is 138 cm³/mol. The Labute approximate surface area is 217 Å². The van der Waals surface area contributed by atoms with Gasteiger partial charge in [-0.1, -0.05) is 67.1 Å². The third-order valence-corrected chi connectivity index (χ3v) is 5.42. The summed E-state index contributed by atoms with van der Waals surface area (Å²) in [7, 11) is 0. The number of imide groups is 2. The summed E-state index contributed by atoms with van der Waals surface area (Å²) in [5, 5.41) is 10.6. The first-order valence-electron chi connectivity index (χ1n) is 12.3. The number of ether oxygens (including phenoxy) is 2. The third kappa shape index (κ3) is 12.7. The maximum Gasteiger partial charge on any atom is 0.414 e. The van der Waals surface area contributed by atoms with E-state index in [1.54, 1.807) is 13.8 Å². The van der Waals surface area contributed by atoms with Crippen LogP contribution >= 0.6 is 0 Å². The van der Waals surface area contributed by atoms with Crippen molar-refractivity contribution in [1.29, 1.82) is 0 Å². The topological polar surface area (TPSA) is 135 Å². The van der Waals surface area contributed by atoms with E-state index in [0.29, 0.717) is 13.1 Å². The number of carbonyl (C=O) groups excluding carboxylic acids is 4. The normalized spacial score (nSPS) is 12.2. The lowest BCUT2D eigenvalue weighted by Crippen LogP contribution is -2.45. The van der Waals surface area contributed by atoms with Crippen LogP contribution in [0.25, 0.3) is 0 Å². The number of hydrogen-bond donors (Lipinski definition) is 4. The predicted octanol–water partition coefficient (Wildman–Crippen LogP) is 3.02. The van der Waals surface area contributed by atoms with Crippen molar-refractivity contribution in [2.24, 2.45) is 0 Å². The Morgan fingerprint density at radius 3 is 1.38 bits per heavy atom. The fourth-order valence-electron chi connectivity index (χ4n) is 3.19. The SMILES string of the molecule is C[C@H](NCCCCCN[C@@H](C)C(=O)NC(=O)OCc1ccccc1)C(=O)NC(=O)OCc1ccccc1. The van der Waals surface area contributed by atoms with Gasteiger partial charge in [-0.3, -0.25) is 20.2 Å². The van der Waals surface area contributed by atoms with Gasteiger partial charge in [0.15, 0.2) is 0 Å². The van der Waals surface area contributed by atoms with Gasteiger partial charge in [-0.2, -0.15) is 0 Å². The van der Waals surface area contributed by atoms with Crippen molar-refractivity contribution >= 4 is 24.0 Å². The van der Waals surface area contributed by atoms with Crippen LogP contribution in [-0.2, 0) is 32.3 Å². The van der Waals surface area contributed by atoms with Crippen molar-refractivity contribution in [2.75, 3.05) is 13.1 Å². The van der Waals surface area contributed by atoms with Gasteiger partial charge in [0.1, 0.15) is 13.2 Å². The van der Waals surface area contributed by atoms with E-state index in [1.807, 2.05) is 60.7 Å². The van der Waals surface area contributed by atoms with Crippen molar-refractivity contribution in [3.8, 4) is 0 Å². The van der Waals surface area contributed by atoms with Gasteiger partial charge in [0.05, 0.1) is 12.1 Å². The van der Waals surface area contributed by atoms with Crippen LogP contribution in [0.3, 0.4) is 0 Å². The van der Waals surface area contributed by atoms with Crippen LogP contribution in [0.2, 0.25) is 0 Å². The molecule has 0 saturated heterocycles. The Hall–Kier alpha value is -3.76. The lowest BCUT2D eigenvalue weighted by molar-refractivity contribution is -0.123. The fraction of sp³-hybridized carbons (Fsp3) is 0.407. The number of carbonyl (C=O) groups is 4. The first-order chi connectivity index (χ1) is 17.8. The zero-order valence-electron chi connectivity index (χ0n) is 21.3. The molecule has 0 unspecified atom stereocenters. The number of amides is 4. The number of hydrogen-bond acceptors (Lipinski definition) is 8. The zero-order chi connectivity index (χ0) is 26.9. The number of nitrogens with one attached hydrogen (secondary N) is 4. The smallest absolute Gasteiger partial charge is 0.414 e. The highest BCUT2D eigenvalue weighted by Crippen LogP contribution is 2.02. The molecule has 2 aromatic carbocycles. The van der Waals surface area contributed by atoms with E-state index in [1.165, 1.54) is 0 Å². The molecule has 10 nitrogen and oxygen atoms in total. The van der Waals surface area contributed by atoms with Crippen LogP contribution in [0, 0.1) is 0 Å². The van der Waals surface area contributed by atoms with Gasteiger partial charge in [-0.05, 0) is 50.9 Å². The molecule has 0 radical (unpaired) electrons. The van der Waals surface area contributed by atoms with E-state index in [2.05, 4.69) is 21.3 Å². The summed E-state index contributed by atoms with van der Waals surface area (Å²) in [4.78, 5) is 47.8. The van der Waals surface area contributed by atoms with E-state index < -0.39 is 36.1 Å². The molecular weight excluding hydrogens is 476 g/mol. The second kappa shape index (κ2) is 16.8. The van der Waals surface area contributed by atoms with E-state index in [-0.39, 0.29) is 13.2 Å². The Bertz CT molecular complexity index is 907. The molecule has 0 aromatic heterocycles. The molecule has 0 spiro atoms. The van der Waals surface area contributed by atoms with Gasteiger partial charge in [0.2, 0.25) is 11.8 Å².